The quantitative estimate of drug-likeness (QED) is 0.615. The molecule has 0 aromatic heterocycles. The van der Waals surface area contributed by atoms with E-state index in [9.17, 15) is 9.90 Å². The van der Waals surface area contributed by atoms with E-state index in [1.165, 1.54) is 6.92 Å². The minimum atomic E-state index is -1.37. The third-order valence-corrected chi connectivity index (χ3v) is 2.32. The van der Waals surface area contributed by atoms with Crippen LogP contribution in [0.25, 0.3) is 0 Å². The topological polar surface area (TPSA) is 46.5 Å². The van der Waals surface area contributed by atoms with Crippen LogP contribution in [0, 0.1) is 0 Å². The van der Waals surface area contributed by atoms with Gasteiger partial charge in [-0.15, -0.1) is 0 Å². The first-order chi connectivity index (χ1) is 7.55. The van der Waals surface area contributed by atoms with Crippen LogP contribution >= 0.6 is 0 Å². The number of hydrogen-bond acceptors (Lipinski definition) is 3. The average Bonchev–Trinajstić information content (AvgIpc) is 2.27. The summed E-state index contributed by atoms with van der Waals surface area (Å²) in [5.41, 5.74) is 0.458. The van der Waals surface area contributed by atoms with Crippen LogP contribution in [0.5, 0.6) is 0 Å². The lowest BCUT2D eigenvalue weighted by Gasteiger charge is -2.23. The molecule has 3 nitrogen and oxygen atoms in total. The van der Waals surface area contributed by atoms with Gasteiger partial charge in [-0.2, -0.15) is 0 Å². The molecule has 0 bridgehead atoms. The molecular formula is C13H18O3. The molecular weight excluding hydrogens is 204 g/mol. The molecule has 0 spiro atoms. The SMILES string of the molecule is CCCCC(C)(O)OC(=O)c1ccccc1. The summed E-state index contributed by atoms with van der Waals surface area (Å²) in [6.45, 7) is 3.54. The Morgan fingerprint density at radius 1 is 1.38 bits per heavy atom. The Morgan fingerprint density at radius 3 is 2.56 bits per heavy atom. The number of benzene rings is 1. The number of esters is 1. The van der Waals surface area contributed by atoms with Crippen LogP contribution in [-0.2, 0) is 4.74 Å². The van der Waals surface area contributed by atoms with Crippen LogP contribution in [0.3, 0.4) is 0 Å². The molecule has 0 aliphatic heterocycles. The summed E-state index contributed by atoms with van der Waals surface area (Å²) in [5, 5.41) is 9.83. The first-order valence-electron chi connectivity index (χ1n) is 5.56. The molecule has 1 unspecified atom stereocenters. The average molecular weight is 222 g/mol. The highest BCUT2D eigenvalue weighted by Crippen LogP contribution is 2.17. The molecule has 0 aliphatic carbocycles. The number of rotatable bonds is 5. The minimum absolute atomic E-state index is 0.458. The Kier molecular flexibility index (Phi) is 4.50. The lowest BCUT2D eigenvalue weighted by Crippen LogP contribution is -2.31. The molecule has 0 fully saturated rings. The third kappa shape index (κ3) is 4.03. The van der Waals surface area contributed by atoms with Gasteiger partial charge >= 0.3 is 5.97 Å². The second kappa shape index (κ2) is 5.66. The van der Waals surface area contributed by atoms with E-state index < -0.39 is 11.8 Å². The summed E-state index contributed by atoms with van der Waals surface area (Å²) in [6.07, 6.45) is 2.25. The fourth-order valence-electron chi connectivity index (χ4n) is 1.39. The zero-order valence-corrected chi connectivity index (χ0v) is 9.77. The molecule has 1 aromatic rings. The minimum Gasteiger partial charge on any atom is -0.430 e. The maximum atomic E-state index is 11.6. The van der Waals surface area contributed by atoms with Gasteiger partial charge in [0, 0.05) is 13.3 Å². The number of ether oxygens (including phenoxy) is 1. The molecule has 0 amide bonds. The summed E-state index contributed by atoms with van der Waals surface area (Å²) in [7, 11) is 0. The predicted octanol–water partition coefficient (Wildman–Crippen LogP) is 2.74. The van der Waals surface area contributed by atoms with E-state index in [-0.39, 0.29) is 0 Å². The Balaban J connectivity index is 2.57. The van der Waals surface area contributed by atoms with Crippen molar-refractivity contribution >= 4 is 5.97 Å². The normalized spacial score (nSPS) is 14.2. The number of carbonyl (C=O) groups excluding carboxylic acids is 1. The van der Waals surface area contributed by atoms with E-state index in [1.807, 2.05) is 13.0 Å². The number of aliphatic hydroxyl groups is 1. The van der Waals surface area contributed by atoms with E-state index in [0.29, 0.717) is 12.0 Å². The van der Waals surface area contributed by atoms with Crippen molar-refractivity contribution in [3.05, 3.63) is 35.9 Å². The highest BCUT2D eigenvalue weighted by atomic mass is 16.7. The fourth-order valence-corrected chi connectivity index (χ4v) is 1.39. The molecule has 1 aromatic carbocycles. The van der Waals surface area contributed by atoms with Gasteiger partial charge in [0.25, 0.3) is 0 Å². The Bertz CT molecular complexity index is 330. The van der Waals surface area contributed by atoms with Crippen molar-refractivity contribution in [1.29, 1.82) is 0 Å². The van der Waals surface area contributed by atoms with E-state index in [0.717, 1.165) is 12.8 Å². The second-order valence-electron chi connectivity index (χ2n) is 4.03. The zero-order chi connectivity index (χ0) is 12.0. The van der Waals surface area contributed by atoms with E-state index >= 15 is 0 Å². The second-order valence-corrected chi connectivity index (χ2v) is 4.03. The zero-order valence-electron chi connectivity index (χ0n) is 9.77. The van der Waals surface area contributed by atoms with Crippen molar-refractivity contribution in [2.75, 3.05) is 0 Å². The standard InChI is InChI=1S/C13H18O3/c1-3-4-10-13(2,15)16-12(14)11-8-6-5-7-9-11/h5-9,15H,3-4,10H2,1-2H3. The van der Waals surface area contributed by atoms with Gasteiger partial charge in [0.15, 0.2) is 0 Å². The molecule has 1 N–H and O–H groups in total. The highest BCUT2D eigenvalue weighted by Gasteiger charge is 2.25. The van der Waals surface area contributed by atoms with Crippen LogP contribution in [0.4, 0.5) is 0 Å². The van der Waals surface area contributed by atoms with Crippen LogP contribution in [0.15, 0.2) is 30.3 Å². The van der Waals surface area contributed by atoms with Crippen LogP contribution < -0.4 is 0 Å². The molecule has 16 heavy (non-hydrogen) atoms. The molecule has 88 valence electrons. The van der Waals surface area contributed by atoms with Crippen molar-refractivity contribution < 1.29 is 14.6 Å². The van der Waals surface area contributed by atoms with Gasteiger partial charge in [0.1, 0.15) is 0 Å². The molecule has 0 aliphatic rings. The van der Waals surface area contributed by atoms with Gasteiger partial charge in [-0.3, -0.25) is 0 Å². The molecule has 0 saturated carbocycles. The molecule has 1 atom stereocenters. The third-order valence-electron chi connectivity index (χ3n) is 2.32. The fraction of sp³-hybridized carbons (Fsp3) is 0.462. The van der Waals surface area contributed by atoms with Crippen molar-refractivity contribution in [1.82, 2.24) is 0 Å². The number of hydrogen-bond donors (Lipinski definition) is 1. The molecule has 0 saturated heterocycles. The molecule has 0 heterocycles. The summed E-state index contributed by atoms with van der Waals surface area (Å²) in [5.74, 6) is -1.86. The largest absolute Gasteiger partial charge is 0.430 e. The van der Waals surface area contributed by atoms with Crippen molar-refractivity contribution in [2.24, 2.45) is 0 Å². The Labute approximate surface area is 96.1 Å². The van der Waals surface area contributed by atoms with E-state index in [4.69, 9.17) is 4.74 Å². The monoisotopic (exact) mass is 222 g/mol. The van der Waals surface area contributed by atoms with Gasteiger partial charge in [0.05, 0.1) is 5.56 Å². The van der Waals surface area contributed by atoms with Crippen LogP contribution in [0.1, 0.15) is 43.5 Å². The van der Waals surface area contributed by atoms with Gasteiger partial charge in [-0.05, 0) is 18.6 Å². The van der Waals surface area contributed by atoms with Crippen LogP contribution in [-0.4, -0.2) is 16.9 Å². The van der Waals surface area contributed by atoms with E-state index in [2.05, 4.69) is 0 Å². The first-order valence-corrected chi connectivity index (χ1v) is 5.56. The van der Waals surface area contributed by atoms with Gasteiger partial charge in [-0.1, -0.05) is 31.5 Å². The van der Waals surface area contributed by atoms with Crippen molar-refractivity contribution in [3.63, 3.8) is 0 Å². The van der Waals surface area contributed by atoms with Crippen molar-refractivity contribution in [2.45, 2.75) is 38.9 Å². The Hall–Kier alpha value is -1.35. The lowest BCUT2D eigenvalue weighted by molar-refractivity contribution is -0.156. The van der Waals surface area contributed by atoms with Gasteiger partial charge in [-0.25, -0.2) is 4.79 Å². The predicted molar refractivity (Wildman–Crippen MR) is 62.0 cm³/mol. The maximum absolute atomic E-state index is 11.6. The Morgan fingerprint density at radius 2 is 2.00 bits per heavy atom. The molecule has 3 heteroatoms. The van der Waals surface area contributed by atoms with Gasteiger partial charge in [0.2, 0.25) is 5.79 Å². The summed E-state index contributed by atoms with van der Waals surface area (Å²) in [4.78, 5) is 11.6. The summed E-state index contributed by atoms with van der Waals surface area (Å²) < 4.78 is 5.04. The van der Waals surface area contributed by atoms with Gasteiger partial charge < -0.3 is 9.84 Å². The van der Waals surface area contributed by atoms with Crippen LogP contribution in [0.2, 0.25) is 0 Å². The molecule has 0 radical (unpaired) electrons. The maximum Gasteiger partial charge on any atom is 0.340 e. The highest BCUT2D eigenvalue weighted by molar-refractivity contribution is 5.89. The lowest BCUT2D eigenvalue weighted by atomic mass is 10.1. The molecule has 1 rings (SSSR count). The van der Waals surface area contributed by atoms with E-state index in [1.54, 1.807) is 24.3 Å². The number of carbonyl (C=O) groups is 1. The smallest absolute Gasteiger partial charge is 0.340 e. The first kappa shape index (κ1) is 12.7. The summed E-state index contributed by atoms with van der Waals surface area (Å²) in [6, 6.07) is 8.68. The summed E-state index contributed by atoms with van der Waals surface area (Å²) >= 11 is 0. The number of unbranched alkanes of at least 4 members (excludes halogenated alkanes) is 1. The van der Waals surface area contributed by atoms with Crippen molar-refractivity contribution in [3.8, 4) is 0 Å².